The number of aromatic amines is 1. The van der Waals surface area contributed by atoms with Gasteiger partial charge in [0.2, 0.25) is 0 Å². The van der Waals surface area contributed by atoms with Gasteiger partial charge in [0.15, 0.2) is 0 Å². The third-order valence-electron chi connectivity index (χ3n) is 3.83. The summed E-state index contributed by atoms with van der Waals surface area (Å²) in [6.45, 7) is 1.88. The summed E-state index contributed by atoms with van der Waals surface area (Å²) in [5.74, 6) is -0.906. The minimum Gasteiger partial charge on any atom is -0.480 e. The maximum atomic E-state index is 11.1. The molecule has 0 amide bonds. The molecule has 0 aliphatic carbocycles. The van der Waals surface area contributed by atoms with Crippen LogP contribution in [0.3, 0.4) is 0 Å². The molecule has 1 aromatic heterocycles. The van der Waals surface area contributed by atoms with E-state index in [1.54, 1.807) is 0 Å². The van der Waals surface area contributed by atoms with Gasteiger partial charge in [-0.1, -0.05) is 6.07 Å². The molecule has 5 nitrogen and oxygen atoms in total. The molecule has 0 unspecified atom stereocenters. The molecule has 100 valence electrons. The zero-order valence-electron chi connectivity index (χ0n) is 10.6. The summed E-state index contributed by atoms with van der Waals surface area (Å²) >= 11 is 0. The normalized spacial score (nSPS) is 24.1. The number of nitrogens with two attached hydrogens (primary N) is 1. The smallest absolute Gasteiger partial charge is 0.325 e. The molecule has 5 heteroatoms. The second-order valence-electron chi connectivity index (χ2n) is 5.32. The van der Waals surface area contributed by atoms with Gasteiger partial charge in [-0.05, 0) is 35.6 Å². The van der Waals surface area contributed by atoms with Crippen LogP contribution < -0.4 is 5.73 Å². The number of fused-ring (bicyclic) bond motifs is 1. The zero-order valence-corrected chi connectivity index (χ0v) is 10.6. The minimum atomic E-state index is -1.09. The van der Waals surface area contributed by atoms with Crippen molar-refractivity contribution >= 4 is 16.9 Å². The summed E-state index contributed by atoms with van der Waals surface area (Å²) in [6.07, 6.45) is 2.42. The van der Waals surface area contributed by atoms with Crippen molar-refractivity contribution in [2.75, 3.05) is 13.1 Å². The number of aliphatic carboxylic acids is 1. The third-order valence-corrected chi connectivity index (χ3v) is 3.83. The molecule has 0 saturated carbocycles. The van der Waals surface area contributed by atoms with Gasteiger partial charge in [-0.3, -0.25) is 9.69 Å². The van der Waals surface area contributed by atoms with Crippen molar-refractivity contribution in [3.8, 4) is 0 Å². The van der Waals surface area contributed by atoms with Gasteiger partial charge in [0.25, 0.3) is 0 Å². The number of hydrogen-bond donors (Lipinski definition) is 3. The van der Waals surface area contributed by atoms with Crippen LogP contribution in [-0.4, -0.2) is 39.6 Å². The van der Waals surface area contributed by atoms with Gasteiger partial charge >= 0.3 is 5.97 Å². The first-order valence-electron chi connectivity index (χ1n) is 6.37. The molecule has 0 spiro atoms. The number of H-pyrrole nitrogens is 1. The first kappa shape index (κ1) is 12.2. The fourth-order valence-electron chi connectivity index (χ4n) is 2.68. The van der Waals surface area contributed by atoms with Crippen molar-refractivity contribution < 1.29 is 9.90 Å². The topological polar surface area (TPSA) is 82.3 Å². The molecule has 2 aromatic rings. The number of hydrogen-bond acceptors (Lipinski definition) is 3. The van der Waals surface area contributed by atoms with Crippen LogP contribution in [0.2, 0.25) is 0 Å². The lowest BCUT2D eigenvalue weighted by atomic mass is 10.0. The Labute approximate surface area is 111 Å². The molecule has 1 aliphatic heterocycles. The molecule has 1 atom stereocenters. The van der Waals surface area contributed by atoms with E-state index in [1.807, 2.05) is 18.3 Å². The van der Waals surface area contributed by atoms with Crippen LogP contribution >= 0.6 is 0 Å². The van der Waals surface area contributed by atoms with Crippen LogP contribution in [-0.2, 0) is 11.3 Å². The first-order valence-corrected chi connectivity index (χ1v) is 6.37. The van der Waals surface area contributed by atoms with Crippen LogP contribution in [0, 0.1) is 0 Å². The van der Waals surface area contributed by atoms with E-state index in [1.165, 1.54) is 10.9 Å². The van der Waals surface area contributed by atoms with Crippen molar-refractivity contribution in [1.82, 2.24) is 9.88 Å². The van der Waals surface area contributed by atoms with Crippen molar-refractivity contribution in [3.05, 3.63) is 36.0 Å². The Bertz CT molecular complexity index is 622. The van der Waals surface area contributed by atoms with Crippen LogP contribution in [0.15, 0.2) is 30.5 Å². The molecule has 0 radical (unpaired) electrons. The van der Waals surface area contributed by atoms with Gasteiger partial charge in [-0.2, -0.15) is 0 Å². The van der Waals surface area contributed by atoms with Gasteiger partial charge in [0.05, 0.1) is 0 Å². The Morgan fingerprint density at radius 3 is 3.05 bits per heavy atom. The fourth-order valence-corrected chi connectivity index (χ4v) is 2.68. The number of carboxylic acid groups (broad SMARTS) is 1. The molecular formula is C14H17N3O2. The standard InChI is InChI=1S/C14H17N3O2/c15-14(13(18)19)4-6-17(9-14)8-10-1-2-12-11(7-10)3-5-16-12/h1-3,5,7,16H,4,6,8-9,15H2,(H,18,19)/t14-/m0/s1. The quantitative estimate of drug-likeness (QED) is 0.772. The molecule has 4 N–H and O–H groups in total. The molecule has 1 aromatic carbocycles. The number of carbonyl (C=O) groups is 1. The van der Waals surface area contributed by atoms with Crippen molar-refractivity contribution in [1.29, 1.82) is 0 Å². The second kappa shape index (κ2) is 4.36. The number of nitrogens with one attached hydrogen (secondary N) is 1. The average molecular weight is 259 g/mol. The van der Waals surface area contributed by atoms with Crippen LogP contribution in [0.4, 0.5) is 0 Å². The largest absolute Gasteiger partial charge is 0.480 e. The second-order valence-corrected chi connectivity index (χ2v) is 5.32. The Hall–Kier alpha value is -1.85. The monoisotopic (exact) mass is 259 g/mol. The van der Waals surface area contributed by atoms with Crippen molar-refractivity contribution in [2.24, 2.45) is 5.73 Å². The van der Waals surface area contributed by atoms with E-state index < -0.39 is 11.5 Å². The van der Waals surface area contributed by atoms with Gasteiger partial charge < -0.3 is 15.8 Å². The number of rotatable bonds is 3. The maximum Gasteiger partial charge on any atom is 0.325 e. The molecule has 2 heterocycles. The predicted molar refractivity (Wildman–Crippen MR) is 72.7 cm³/mol. The lowest BCUT2D eigenvalue weighted by Crippen LogP contribution is -2.50. The van der Waals surface area contributed by atoms with Gasteiger partial charge in [-0.15, -0.1) is 0 Å². The highest BCUT2D eigenvalue weighted by atomic mass is 16.4. The van der Waals surface area contributed by atoms with Crippen LogP contribution in [0.25, 0.3) is 10.9 Å². The highest BCUT2D eigenvalue weighted by Gasteiger charge is 2.40. The molecule has 19 heavy (non-hydrogen) atoms. The summed E-state index contributed by atoms with van der Waals surface area (Å²) < 4.78 is 0. The van der Waals surface area contributed by atoms with Gasteiger partial charge in [0, 0.05) is 31.3 Å². The Morgan fingerprint density at radius 1 is 1.47 bits per heavy atom. The number of aromatic nitrogens is 1. The lowest BCUT2D eigenvalue weighted by Gasteiger charge is -2.20. The van der Waals surface area contributed by atoms with E-state index in [9.17, 15) is 4.79 Å². The fraction of sp³-hybridized carbons (Fsp3) is 0.357. The first-order chi connectivity index (χ1) is 9.07. The highest BCUT2D eigenvalue weighted by Crippen LogP contribution is 2.22. The summed E-state index contributed by atoms with van der Waals surface area (Å²) in [4.78, 5) is 16.4. The molecule has 1 fully saturated rings. The Balaban J connectivity index is 1.74. The van der Waals surface area contributed by atoms with E-state index in [0.717, 1.165) is 18.6 Å². The molecular weight excluding hydrogens is 242 g/mol. The van der Waals surface area contributed by atoms with Crippen molar-refractivity contribution in [2.45, 2.75) is 18.5 Å². The Kier molecular flexibility index (Phi) is 2.80. The summed E-state index contributed by atoms with van der Waals surface area (Å²) in [7, 11) is 0. The summed E-state index contributed by atoms with van der Waals surface area (Å²) in [5.41, 5.74) is 7.09. The van der Waals surface area contributed by atoms with Gasteiger partial charge in [-0.25, -0.2) is 0 Å². The van der Waals surface area contributed by atoms with E-state index in [4.69, 9.17) is 10.8 Å². The lowest BCUT2D eigenvalue weighted by molar-refractivity contribution is -0.142. The molecule has 0 bridgehead atoms. The SMILES string of the molecule is N[C@@]1(C(=O)O)CCN(Cc2ccc3[nH]ccc3c2)C1. The van der Waals surface area contributed by atoms with E-state index >= 15 is 0 Å². The Morgan fingerprint density at radius 2 is 2.32 bits per heavy atom. The van der Waals surface area contributed by atoms with Crippen molar-refractivity contribution in [3.63, 3.8) is 0 Å². The van der Waals surface area contributed by atoms with Gasteiger partial charge in [0.1, 0.15) is 5.54 Å². The molecule has 3 rings (SSSR count). The molecule has 1 saturated heterocycles. The van der Waals surface area contributed by atoms with Crippen LogP contribution in [0.1, 0.15) is 12.0 Å². The molecule has 1 aliphatic rings. The van der Waals surface area contributed by atoms with E-state index in [2.05, 4.69) is 22.0 Å². The number of carboxylic acids is 1. The highest BCUT2D eigenvalue weighted by molar-refractivity contribution is 5.80. The van der Waals surface area contributed by atoms with E-state index in [0.29, 0.717) is 13.0 Å². The van der Waals surface area contributed by atoms with E-state index in [-0.39, 0.29) is 0 Å². The summed E-state index contributed by atoms with van der Waals surface area (Å²) in [5, 5.41) is 10.3. The number of likely N-dealkylation sites (tertiary alicyclic amines) is 1. The number of nitrogens with zero attached hydrogens (tertiary/aromatic N) is 1. The average Bonchev–Trinajstić information content (AvgIpc) is 2.96. The summed E-state index contributed by atoms with van der Waals surface area (Å²) in [6, 6.07) is 8.28. The maximum absolute atomic E-state index is 11.1. The minimum absolute atomic E-state index is 0.410. The zero-order chi connectivity index (χ0) is 13.5. The third kappa shape index (κ3) is 2.22. The predicted octanol–water partition coefficient (Wildman–Crippen LogP) is 1.16. The van der Waals surface area contributed by atoms with Crippen LogP contribution in [0.5, 0.6) is 0 Å². The number of benzene rings is 1.